The van der Waals surface area contributed by atoms with E-state index >= 15 is 0 Å². The number of rotatable bonds is 9. The molecule has 0 bridgehead atoms. The van der Waals surface area contributed by atoms with E-state index in [1.165, 1.54) is 18.9 Å². The molecule has 0 saturated carbocycles. The summed E-state index contributed by atoms with van der Waals surface area (Å²) in [6, 6.07) is 11.6. The second-order valence-electron chi connectivity index (χ2n) is 8.04. The number of ether oxygens (including phenoxy) is 2. The summed E-state index contributed by atoms with van der Waals surface area (Å²) in [5.74, 6) is -0.0977. The molecule has 1 N–H and O–H groups in total. The molecule has 1 aliphatic heterocycles. The Morgan fingerprint density at radius 1 is 1.09 bits per heavy atom. The zero-order valence-electron chi connectivity index (χ0n) is 19.9. The number of hydrogen-bond donors (Lipinski definition) is 1. The molecule has 2 aromatic rings. The van der Waals surface area contributed by atoms with Gasteiger partial charge in [0.05, 0.1) is 11.4 Å². The van der Waals surface area contributed by atoms with Crippen LogP contribution in [0.25, 0.3) is 0 Å². The molecule has 3 rings (SSSR count). The largest absolute Gasteiger partial charge is 0.486 e. The van der Waals surface area contributed by atoms with E-state index in [-0.39, 0.29) is 18.2 Å². The number of hydrogen-bond acceptors (Lipinski definition) is 6. The summed E-state index contributed by atoms with van der Waals surface area (Å²) >= 11 is 0. The molecule has 10 heteroatoms. The molecule has 0 aliphatic carbocycles. The molecule has 184 valence electrons. The summed E-state index contributed by atoms with van der Waals surface area (Å²) < 4.78 is 38.2. The molecular weight excluding hydrogens is 458 g/mol. The van der Waals surface area contributed by atoms with Crippen molar-refractivity contribution in [3.05, 3.63) is 53.6 Å². The van der Waals surface area contributed by atoms with Crippen LogP contribution in [0.2, 0.25) is 0 Å². The normalized spacial score (nSPS) is 13.6. The van der Waals surface area contributed by atoms with Crippen LogP contribution in [0.1, 0.15) is 25.0 Å². The van der Waals surface area contributed by atoms with Gasteiger partial charge in [-0.15, -0.1) is 0 Å². The third-order valence-electron chi connectivity index (χ3n) is 5.64. The lowest BCUT2D eigenvalue weighted by atomic mass is 10.1. The maximum Gasteiger partial charge on any atom is 0.244 e. The Balaban J connectivity index is 1.95. The number of carbonyl (C=O) groups is 2. The fraction of sp³-hybridized carbons (Fsp3) is 0.417. The number of fused-ring (bicyclic) bond motifs is 1. The standard InChI is InChI=1S/C24H31N3O6S/c1-5-34(30,31)27(20-9-10-21-22(14-20)33-12-11-32-21)16-23(28)26(18(3)24(29)25-4)15-19-8-6-7-17(2)13-19/h6-10,13-14,18H,5,11-12,15-16H2,1-4H3,(H,25,29)/t18-/m1/s1. The van der Waals surface area contributed by atoms with Crippen LogP contribution in [0.15, 0.2) is 42.5 Å². The number of likely N-dealkylation sites (N-methyl/N-ethyl adjacent to an activating group) is 1. The maximum atomic E-state index is 13.5. The Bertz CT molecular complexity index is 1150. The minimum atomic E-state index is -3.81. The Morgan fingerprint density at radius 2 is 1.79 bits per heavy atom. The Kier molecular flexibility index (Phi) is 8.03. The van der Waals surface area contributed by atoms with Crippen LogP contribution < -0.4 is 19.1 Å². The summed E-state index contributed by atoms with van der Waals surface area (Å²) in [7, 11) is -2.31. The van der Waals surface area contributed by atoms with Crippen LogP contribution in [-0.4, -0.2) is 63.7 Å². The van der Waals surface area contributed by atoms with Crippen molar-refractivity contribution in [3.8, 4) is 11.5 Å². The first-order valence-corrected chi connectivity index (χ1v) is 12.7. The fourth-order valence-electron chi connectivity index (χ4n) is 3.71. The van der Waals surface area contributed by atoms with Gasteiger partial charge in [-0.3, -0.25) is 13.9 Å². The number of aryl methyl sites for hydroxylation is 1. The van der Waals surface area contributed by atoms with Gasteiger partial charge < -0.3 is 19.7 Å². The molecule has 34 heavy (non-hydrogen) atoms. The first-order chi connectivity index (χ1) is 16.2. The predicted octanol–water partition coefficient (Wildman–Crippen LogP) is 2.09. The van der Waals surface area contributed by atoms with E-state index in [9.17, 15) is 18.0 Å². The van der Waals surface area contributed by atoms with Crippen molar-refractivity contribution in [2.24, 2.45) is 0 Å². The van der Waals surface area contributed by atoms with Gasteiger partial charge in [-0.05, 0) is 38.5 Å². The smallest absolute Gasteiger partial charge is 0.244 e. The Morgan fingerprint density at radius 3 is 2.44 bits per heavy atom. The van der Waals surface area contributed by atoms with Crippen molar-refractivity contribution in [1.82, 2.24) is 10.2 Å². The molecule has 0 spiro atoms. The lowest BCUT2D eigenvalue weighted by Gasteiger charge is -2.32. The lowest BCUT2D eigenvalue weighted by molar-refractivity contribution is -0.139. The quantitative estimate of drug-likeness (QED) is 0.578. The van der Waals surface area contributed by atoms with Crippen molar-refractivity contribution < 1.29 is 27.5 Å². The summed E-state index contributed by atoms with van der Waals surface area (Å²) in [5.41, 5.74) is 2.15. The monoisotopic (exact) mass is 489 g/mol. The van der Waals surface area contributed by atoms with E-state index in [2.05, 4.69) is 5.32 Å². The maximum absolute atomic E-state index is 13.5. The average Bonchev–Trinajstić information content (AvgIpc) is 2.84. The second-order valence-corrected chi connectivity index (χ2v) is 10.2. The summed E-state index contributed by atoms with van der Waals surface area (Å²) in [6.45, 7) is 5.54. The predicted molar refractivity (Wildman–Crippen MR) is 129 cm³/mol. The summed E-state index contributed by atoms with van der Waals surface area (Å²) in [5, 5.41) is 2.56. The molecular formula is C24H31N3O6S. The average molecular weight is 490 g/mol. The highest BCUT2D eigenvalue weighted by Gasteiger charge is 2.31. The first-order valence-electron chi connectivity index (χ1n) is 11.1. The van der Waals surface area contributed by atoms with Gasteiger partial charge >= 0.3 is 0 Å². The Labute approximate surface area is 200 Å². The van der Waals surface area contributed by atoms with Gasteiger partial charge in [0, 0.05) is 19.7 Å². The second kappa shape index (κ2) is 10.8. The highest BCUT2D eigenvalue weighted by Crippen LogP contribution is 2.35. The SMILES string of the molecule is CCS(=O)(=O)N(CC(=O)N(Cc1cccc(C)c1)[C@H](C)C(=O)NC)c1ccc2c(c1)OCCO2. The van der Waals surface area contributed by atoms with Crippen LogP contribution in [0, 0.1) is 6.92 Å². The number of carbonyl (C=O) groups excluding carboxylic acids is 2. The van der Waals surface area contributed by atoms with Gasteiger partial charge in [-0.25, -0.2) is 8.42 Å². The zero-order valence-corrected chi connectivity index (χ0v) is 20.7. The highest BCUT2D eigenvalue weighted by atomic mass is 32.2. The first kappa shape index (κ1) is 25.4. The molecule has 0 fully saturated rings. The molecule has 2 amide bonds. The van der Waals surface area contributed by atoms with Gasteiger partial charge in [0.2, 0.25) is 21.8 Å². The van der Waals surface area contributed by atoms with Crippen LogP contribution in [-0.2, 0) is 26.2 Å². The lowest BCUT2D eigenvalue weighted by Crippen LogP contribution is -2.51. The van der Waals surface area contributed by atoms with Gasteiger partial charge in [0.15, 0.2) is 11.5 Å². The van der Waals surface area contributed by atoms with E-state index < -0.39 is 28.5 Å². The van der Waals surface area contributed by atoms with Crippen LogP contribution in [0.3, 0.4) is 0 Å². The van der Waals surface area contributed by atoms with E-state index in [0.717, 1.165) is 15.4 Å². The summed E-state index contributed by atoms with van der Waals surface area (Å²) in [4.78, 5) is 27.3. The molecule has 1 heterocycles. The Hall–Kier alpha value is -3.27. The van der Waals surface area contributed by atoms with Crippen LogP contribution >= 0.6 is 0 Å². The molecule has 0 aromatic heterocycles. The van der Waals surface area contributed by atoms with Gasteiger partial charge in [-0.1, -0.05) is 29.8 Å². The molecule has 0 radical (unpaired) electrons. The zero-order chi connectivity index (χ0) is 24.9. The van der Waals surface area contributed by atoms with E-state index in [4.69, 9.17) is 9.47 Å². The topological polar surface area (TPSA) is 105 Å². The minimum Gasteiger partial charge on any atom is -0.486 e. The number of nitrogens with zero attached hydrogens (tertiary/aromatic N) is 2. The van der Waals surface area contributed by atoms with Crippen molar-refractivity contribution >= 4 is 27.5 Å². The van der Waals surface area contributed by atoms with E-state index in [1.54, 1.807) is 25.1 Å². The van der Waals surface area contributed by atoms with Crippen LogP contribution in [0.4, 0.5) is 5.69 Å². The number of nitrogens with one attached hydrogen (secondary N) is 1. The molecule has 1 aliphatic rings. The van der Waals surface area contributed by atoms with Crippen LogP contribution in [0.5, 0.6) is 11.5 Å². The number of amides is 2. The van der Waals surface area contributed by atoms with E-state index in [1.807, 2.05) is 31.2 Å². The third kappa shape index (κ3) is 5.80. The summed E-state index contributed by atoms with van der Waals surface area (Å²) in [6.07, 6.45) is 0. The molecule has 0 unspecified atom stereocenters. The number of sulfonamides is 1. The molecule has 2 aromatic carbocycles. The molecule has 0 saturated heterocycles. The van der Waals surface area contributed by atoms with Gasteiger partial charge in [0.25, 0.3) is 0 Å². The van der Waals surface area contributed by atoms with Gasteiger partial charge in [-0.2, -0.15) is 0 Å². The number of anilines is 1. The van der Waals surface area contributed by atoms with Crippen molar-refractivity contribution in [2.75, 3.05) is 36.9 Å². The van der Waals surface area contributed by atoms with Crippen molar-refractivity contribution in [1.29, 1.82) is 0 Å². The third-order valence-corrected chi connectivity index (χ3v) is 7.38. The van der Waals surface area contributed by atoms with Crippen molar-refractivity contribution in [3.63, 3.8) is 0 Å². The molecule has 9 nitrogen and oxygen atoms in total. The number of benzene rings is 2. The van der Waals surface area contributed by atoms with E-state index in [0.29, 0.717) is 30.4 Å². The minimum absolute atomic E-state index is 0.163. The highest BCUT2D eigenvalue weighted by molar-refractivity contribution is 7.92. The van der Waals surface area contributed by atoms with Gasteiger partial charge in [0.1, 0.15) is 25.8 Å². The molecule has 1 atom stereocenters. The van der Waals surface area contributed by atoms with Crippen molar-refractivity contribution in [2.45, 2.75) is 33.4 Å². The fourth-order valence-corrected chi connectivity index (χ4v) is 4.76.